The molecule has 2 aliphatic heterocycles. The molecule has 0 radical (unpaired) electrons. The van der Waals surface area contributed by atoms with Crippen molar-refractivity contribution in [1.82, 2.24) is 20.3 Å². The summed E-state index contributed by atoms with van der Waals surface area (Å²) in [6.07, 6.45) is 6.22. The minimum Gasteiger partial charge on any atom is -0.380 e. The second-order valence-electron chi connectivity index (χ2n) is 6.63. The van der Waals surface area contributed by atoms with Crippen LogP contribution in [0.4, 0.5) is 23.0 Å². The van der Waals surface area contributed by atoms with Crippen LogP contribution in [0.3, 0.4) is 0 Å². The summed E-state index contributed by atoms with van der Waals surface area (Å²) in [4.78, 5) is 24.4. The van der Waals surface area contributed by atoms with Crippen molar-refractivity contribution in [2.45, 2.75) is 31.7 Å². The highest BCUT2D eigenvalue weighted by Gasteiger charge is 2.18. The van der Waals surface area contributed by atoms with Crippen molar-refractivity contribution >= 4 is 28.9 Å². The Morgan fingerprint density at radius 1 is 1.19 bits per heavy atom. The van der Waals surface area contributed by atoms with E-state index in [0.717, 1.165) is 31.6 Å². The van der Waals surface area contributed by atoms with E-state index in [0.29, 0.717) is 47.6 Å². The van der Waals surface area contributed by atoms with Gasteiger partial charge in [0, 0.05) is 18.9 Å². The van der Waals surface area contributed by atoms with Crippen LogP contribution in [0.15, 0.2) is 18.5 Å². The predicted octanol–water partition coefficient (Wildman–Crippen LogP) is 1.54. The van der Waals surface area contributed by atoms with E-state index in [1.165, 1.54) is 0 Å². The molecule has 0 unspecified atom stereocenters. The molecule has 4 rings (SSSR count). The minimum atomic E-state index is -0.0169. The van der Waals surface area contributed by atoms with Gasteiger partial charge in [-0.3, -0.25) is 4.79 Å². The molecular formula is C18H20N8O. The standard InChI is InChI=1S/C18H20N8O/c19-8-15-14(23-11-3-5-20-6-4-11)7-12(9-21-15)24-18-22-10-16-13(26-18)1-2-17(27)25-16/h7,9-11,20,23H,1-6H2,(H,25,27)(H,22,24,26). The van der Waals surface area contributed by atoms with Gasteiger partial charge < -0.3 is 21.3 Å². The van der Waals surface area contributed by atoms with Crippen molar-refractivity contribution in [3.8, 4) is 6.07 Å². The van der Waals surface area contributed by atoms with Gasteiger partial charge in [-0.25, -0.2) is 15.0 Å². The highest BCUT2D eigenvalue weighted by Crippen LogP contribution is 2.25. The molecule has 0 aliphatic carbocycles. The minimum absolute atomic E-state index is 0.0169. The Labute approximate surface area is 156 Å². The van der Waals surface area contributed by atoms with Gasteiger partial charge in [0.05, 0.1) is 35.1 Å². The predicted molar refractivity (Wildman–Crippen MR) is 101 cm³/mol. The second kappa shape index (κ2) is 7.55. The number of fused-ring (bicyclic) bond motifs is 1. The summed E-state index contributed by atoms with van der Waals surface area (Å²) in [7, 11) is 0. The molecule has 2 aromatic rings. The van der Waals surface area contributed by atoms with Crippen LogP contribution in [0.2, 0.25) is 0 Å². The summed E-state index contributed by atoms with van der Waals surface area (Å²) in [5.41, 5.74) is 3.24. The number of aromatic nitrogens is 3. The number of nitriles is 1. The normalized spacial score (nSPS) is 16.8. The molecule has 2 aliphatic rings. The van der Waals surface area contributed by atoms with E-state index in [2.05, 4.69) is 42.3 Å². The monoisotopic (exact) mass is 364 g/mol. The first kappa shape index (κ1) is 17.2. The zero-order valence-corrected chi connectivity index (χ0v) is 14.7. The van der Waals surface area contributed by atoms with E-state index in [1.54, 1.807) is 12.4 Å². The van der Waals surface area contributed by atoms with E-state index >= 15 is 0 Å². The van der Waals surface area contributed by atoms with Crippen LogP contribution in [-0.2, 0) is 11.2 Å². The van der Waals surface area contributed by atoms with Crippen LogP contribution in [0, 0.1) is 11.3 Å². The molecule has 0 aromatic carbocycles. The first-order chi connectivity index (χ1) is 13.2. The molecule has 9 nitrogen and oxygen atoms in total. The van der Waals surface area contributed by atoms with E-state index in [1.807, 2.05) is 6.07 Å². The molecule has 1 fully saturated rings. The largest absolute Gasteiger partial charge is 0.380 e. The zero-order valence-electron chi connectivity index (χ0n) is 14.7. The maximum Gasteiger partial charge on any atom is 0.227 e. The number of nitrogens with zero attached hydrogens (tertiary/aromatic N) is 4. The number of hydrogen-bond donors (Lipinski definition) is 4. The Kier molecular flexibility index (Phi) is 4.80. The molecule has 138 valence electrons. The summed E-state index contributed by atoms with van der Waals surface area (Å²) in [5, 5.41) is 22.0. The van der Waals surface area contributed by atoms with Crippen molar-refractivity contribution in [3.05, 3.63) is 29.8 Å². The van der Waals surface area contributed by atoms with Crippen LogP contribution < -0.4 is 21.3 Å². The van der Waals surface area contributed by atoms with Gasteiger partial charge in [-0.05, 0) is 32.0 Å². The maximum atomic E-state index is 11.4. The first-order valence-corrected chi connectivity index (χ1v) is 9.01. The summed E-state index contributed by atoms with van der Waals surface area (Å²) in [6.45, 7) is 1.93. The van der Waals surface area contributed by atoms with Gasteiger partial charge in [-0.2, -0.15) is 5.26 Å². The van der Waals surface area contributed by atoms with E-state index in [4.69, 9.17) is 0 Å². The van der Waals surface area contributed by atoms with Gasteiger partial charge >= 0.3 is 0 Å². The van der Waals surface area contributed by atoms with Crippen LogP contribution in [-0.4, -0.2) is 40.0 Å². The fourth-order valence-electron chi connectivity index (χ4n) is 3.26. The van der Waals surface area contributed by atoms with E-state index in [-0.39, 0.29) is 5.91 Å². The second-order valence-corrected chi connectivity index (χ2v) is 6.63. The number of carbonyl (C=O) groups is 1. The third-order valence-electron chi connectivity index (χ3n) is 4.68. The molecule has 1 saturated heterocycles. The highest BCUT2D eigenvalue weighted by atomic mass is 16.1. The van der Waals surface area contributed by atoms with Gasteiger partial charge in [0.1, 0.15) is 6.07 Å². The molecule has 9 heteroatoms. The average molecular weight is 364 g/mol. The van der Waals surface area contributed by atoms with E-state index < -0.39 is 0 Å². The zero-order chi connectivity index (χ0) is 18.6. The van der Waals surface area contributed by atoms with Gasteiger partial charge in [0.25, 0.3) is 0 Å². The van der Waals surface area contributed by atoms with Crippen molar-refractivity contribution in [1.29, 1.82) is 5.26 Å². The van der Waals surface area contributed by atoms with Gasteiger partial charge in [-0.15, -0.1) is 0 Å². The molecule has 0 saturated carbocycles. The number of hydrogen-bond acceptors (Lipinski definition) is 8. The first-order valence-electron chi connectivity index (χ1n) is 9.01. The van der Waals surface area contributed by atoms with Crippen LogP contribution >= 0.6 is 0 Å². The smallest absolute Gasteiger partial charge is 0.227 e. The highest BCUT2D eigenvalue weighted by molar-refractivity contribution is 5.93. The molecule has 2 aromatic heterocycles. The number of pyridine rings is 1. The maximum absolute atomic E-state index is 11.4. The molecule has 0 bridgehead atoms. The summed E-state index contributed by atoms with van der Waals surface area (Å²) in [5.74, 6) is 0.418. The molecule has 27 heavy (non-hydrogen) atoms. The lowest BCUT2D eigenvalue weighted by Gasteiger charge is -2.25. The number of nitrogens with one attached hydrogen (secondary N) is 4. The molecule has 4 heterocycles. The molecule has 4 N–H and O–H groups in total. The van der Waals surface area contributed by atoms with Crippen molar-refractivity contribution in [3.63, 3.8) is 0 Å². The van der Waals surface area contributed by atoms with Gasteiger partial charge in [0.2, 0.25) is 11.9 Å². The Morgan fingerprint density at radius 3 is 2.85 bits per heavy atom. The van der Waals surface area contributed by atoms with Crippen molar-refractivity contribution in [2.75, 3.05) is 29.0 Å². The lowest BCUT2D eigenvalue weighted by atomic mass is 10.1. The molecular weight excluding hydrogens is 344 g/mol. The molecule has 0 atom stereocenters. The summed E-state index contributed by atoms with van der Waals surface area (Å²) >= 11 is 0. The Morgan fingerprint density at radius 2 is 2.04 bits per heavy atom. The fraction of sp³-hybridized carbons (Fsp3) is 0.389. The van der Waals surface area contributed by atoms with Crippen LogP contribution in [0.1, 0.15) is 30.7 Å². The van der Waals surface area contributed by atoms with Crippen LogP contribution in [0.5, 0.6) is 0 Å². The van der Waals surface area contributed by atoms with Gasteiger partial charge in [0.15, 0.2) is 5.69 Å². The average Bonchev–Trinajstić information content (AvgIpc) is 2.69. The SMILES string of the molecule is N#Cc1ncc(Nc2ncc3c(n2)CCC(=O)N3)cc1NC1CCNCC1. The lowest BCUT2D eigenvalue weighted by molar-refractivity contribution is -0.116. The number of rotatable bonds is 4. The quantitative estimate of drug-likeness (QED) is 0.643. The van der Waals surface area contributed by atoms with Gasteiger partial charge in [-0.1, -0.05) is 0 Å². The molecule has 1 amide bonds. The Hall–Kier alpha value is -3.25. The fourth-order valence-corrected chi connectivity index (χ4v) is 3.26. The number of carbonyl (C=O) groups excluding carboxylic acids is 1. The summed E-state index contributed by atoms with van der Waals surface area (Å²) < 4.78 is 0. The third-order valence-corrected chi connectivity index (χ3v) is 4.68. The van der Waals surface area contributed by atoms with Crippen molar-refractivity contribution < 1.29 is 4.79 Å². The lowest BCUT2D eigenvalue weighted by Crippen LogP contribution is -2.35. The van der Waals surface area contributed by atoms with E-state index in [9.17, 15) is 10.1 Å². The number of amides is 1. The number of aryl methyl sites for hydroxylation is 1. The van der Waals surface area contributed by atoms with Crippen molar-refractivity contribution in [2.24, 2.45) is 0 Å². The Balaban J connectivity index is 1.53. The molecule has 0 spiro atoms. The van der Waals surface area contributed by atoms with Crippen LogP contribution in [0.25, 0.3) is 0 Å². The number of piperidine rings is 1. The Bertz CT molecular complexity index is 901. The summed E-state index contributed by atoms with van der Waals surface area (Å²) in [6, 6.07) is 4.31. The number of anilines is 4. The topological polar surface area (TPSA) is 128 Å². The third kappa shape index (κ3) is 3.96.